The summed E-state index contributed by atoms with van der Waals surface area (Å²) in [5.41, 5.74) is 0. The highest BCUT2D eigenvalue weighted by atomic mass is 19.4. The second-order valence-electron chi connectivity index (χ2n) is 5.04. The van der Waals surface area contributed by atoms with Gasteiger partial charge in [0, 0.05) is 6.92 Å². The number of hydrogen-bond acceptors (Lipinski definition) is 2. The molecular weight excluding hydrogens is 295 g/mol. The van der Waals surface area contributed by atoms with Gasteiger partial charge in [0.2, 0.25) is 0 Å². The Hall–Kier alpha value is -1.53. The second kappa shape index (κ2) is 6.49. The lowest BCUT2D eigenvalue weighted by Crippen LogP contribution is -2.46. The van der Waals surface area contributed by atoms with E-state index in [1.165, 1.54) is 0 Å². The van der Waals surface area contributed by atoms with Crippen molar-refractivity contribution in [3.05, 3.63) is 37.3 Å². The van der Waals surface area contributed by atoms with Gasteiger partial charge in [-0.3, -0.25) is 0 Å². The zero-order valence-corrected chi connectivity index (χ0v) is 11.6. The van der Waals surface area contributed by atoms with Gasteiger partial charge in [0.25, 0.3) is 12.0 Å². The van der Waals surface area contributed by atoms with Crippen molar-refractivity contribution >= 4 is 0 Å². The molecule has 0 aromatic heterocycles. The minimum atomic E-state index is -5.13. The highest BCUT2D eigenvalue weighted by Gasteiger charge is 2.58. The van der Waals surface area contributed by atoms with Crippen LogP contribution in [0.4, 0.5) is 22.0 Å². The summed E-state index contributed by atoms with van der Waals surface area (Å²) in [7, 11) is 0. The SMILES string of the molecule is C=CC1CCC(/C=C(/F)OC(C)(OC(=C)F)C(F)(F)F)C1. The van der Waals surface area contributed by atoms with Crippen LogP contribution in [0, 0.1) is 11.8 Å². The first-order valence-electron chi connectivity index (χ1n) is 6.36. The van der Waals surface area contributed by atoms with Gasteiger partial charge in [0.1, 0.15) is 0 Å². The highest BCUT2D eigenvalue weighted by Crippen LogP contribution is 2.39. The van der Waals surface area contributed by atoms with Crippen molar-refractivity contribution in [2.24, 2.45) is 11.8 Å². The van der Waals surface area contributed by atoms with Crippen molar-refractivity contribution in [2.75, 3.05) is 0 Å². The fraction of sp³-hybridized carbons (Fsp3) is 0.571. The monoisotopic (exact) mass is 312 g/mol. The van der Waals surface area contributed by atoms with Crippen molar-refractivity contribution in [3.63, 3.8) is 0 Å². The molecule has 0 bridgehead atoms. The standard InChI is InChI=1S/C14H17F5O2/c1-4-10-5-6-11(7-10)8-12(16)21-13(3,14(17,18)19)20-9(2)15/h4,8,10-11H,1-2,5-7H2,3H3/b12-8-. The summed E-state index contributed by atoms with van der Waals surface area (Å²) < 4.78 is 72.6. The van der Waals surface area contributed by atoms with Crippen LogP contribution in [-0.4, -0.2) is 12.0 Å². The maximum absolute atomic E-state index is 13.6. The second-order valence-corrected chi connectivity index (χ2v) is 5.04. The first-order chi connectivity index (χ1) is 9.57. The summed E-state index contributed by atoms with van der Waals surface area (Å²) in [5, 5.41) is 0. The van der Waals surface area contributed by atoms with Crippen LogP contribution in [0.2, 0.25) is 0 Å². The van der Waals surface area contributed by atoms with Crippen molar-refractivity contribution in [1.82, 2.24) is 0 Å². The average Bonchev–Trinajstić information content (AvgIpc) is 2.73. The van der Waals surface area contributed by atoms with Gasteiger partial charge in [0.15, 0.2) is 0 Å². The molecule has 0 N–H and O–H groups in total. The molecule has 3 atom stereocenters. The summed E-state index contributed by atoms with van der Waals surface area (Å²) in [5.74, 6) is -3.51. The molecule has 1 aliphatic carbocycles. The van der Waals surface area contributed by atoms with E-state index in [1.807, 2.05) is 0 Å². The number of halogens is 5. The molecule has 7 heteroatoms. The molecule has 0 heterocycles. The lowest BCUT2D eigenvalue weighted by molar-refractivity contribution is -0.359. The maximum atomic E-state index is 13.6. The van der Waals surface area contributed by atoms with E-state index in [-0.39, 0.29) is 11.8 Å². The molecule has 1 saturated carbocycles. The van der Waals surface area contributed by atoms with E-state index in [4.69, 9.17) is 0 Å². The Bertz CT molecular complexity index is 430. The van der Waals surface area contributed by atoms with Gasteiger partial charge in [-0.2, -0.15) is 22.0 Å². The quantitative estimate of drug-likeness (QED) is 0.292. The molecule has 3 unspecified atom stereocenters. The lowest BCUT2D eigenvalue weighted by Gasteiger charge is -2.30. The summed E-state index contributed by atoms with van der Waals surface area (Å²) in [4.78, 5) is 0. The molecule has 1 aliphatic rings. The summed E-state index contributed by atoms with van der Waals surface area (Å²) in [6, 6.07) is -3.17. The molecule has 21 heavy (non-hydrogen) atoms. The van der Waals surface area contributed by atoms with Crippen LogP contribution in [0.15, 0.2) is 37.3 Å². The Morgan fingerprint density at radius 3 is 2.14 bits per heavy atom. The number of allylic oxidation sites excluding steroid dienone is 2. The molecule has 1 rings (SSSR count). The minimum absolute atomic E-state index is 0.204. The van der Waals surface area contributed by atoms with Crippen LogP contribution in [0.5, 0.6) is 0 Å². The number of rotatable bonds is 6. The lowest BCUT2D eigenvalue weighted by atomic mass is 10.1. The predicted octanol–water partition coefficient (Wildman–Crippen LogP) is 5.15. The highest BCUT2D eigenvalue weighted by molar-refractivity contribution is 4.98. The van der Waals surface area contributed by atoms with E-state index in [9.17, 15) is 22.0 Å². The first-order valence-corrected chi connectivity index (χ1v) is 6.36. The third-order valence-electron chi connectivity index (χ3n) is 3.33. The molecule has 120 valence electrons. The number of ether oxygens (including phenoxy) is 2. The van der Waals surface area contributed by atoms with Crippen molar-refractivity contribution in [2.45, 2.75) is 38.1 Å². The van der Waals surface area contributed by atoms with Gasteiger partial charge in [0.05, 0.1) is 0 Å². The molecule has 2 nitrogen and oxygen atoms in total. The van der Waals surface area contributed by atoms with Crippen molar-refractivity contribution < 1.29 is 31.4 Å². The van der Waals surface area contributed by atoms with Gasteiger partial charge < -0.3 is 9.47 Å². The number of alkyl halides is 3. The van der Waals surface area contributed by atoms with Gasteiger partial charge in [-0.15, -0.1) is 6.58 Å². The van der Waals surface area contributed by atoms with Gasteiger partial charge in [-0.1, -0.05) is 6.08 Å². The molecule has 1 fully saturated rings. The topological polar surface area (TPSA) is 18.5 Å². The molecule has 0 amide bonds. The van der Waals surface area contributed by atoms with Crippen LogP contribution in [0.3, 0.4) is 0 Å². The van der Waals surface area contributed by atoms with E-state index >= 15 is 0 Å². The van der Waals surface area contributed by atoms with E-state index in [2.05, 4.69) is 22.6 Å². The molecule has 0 radical (unpaired) electrons. The smallest absolute Gasteiger partial charge is 0.419 e. The Balaban J connectivity index is 2.79. The van der Waals surface area contributed by atoms with Crippen molar-refractivity contribution in [1.29, 1.82) is 0 Å². The molecule has 0 spiro atoms. The van der Waals surface area contributed by atoms with E-state index in [0.29, 0.717) is 19.8 Å². The zero-order valence-electron chi connectivity index (χ0n) is 11.6. The molecule has 0 aliphatic heterocycles. The molecular formula is C14H17F5O2. The van der Waals surface area contributed by atoms with E-state index in [1.54, 1.807) is 6.08 Å². The summed E-state index contributed by atoms with van der Waals surface area (Å²) in [6.45, 7) is 6.56. The Morgan fingerprint density at radius 2 is 1.71 bits per heavy atom. The Kier molecular flexibility index (Phi) is 5.42. The Labute approximate surface area is 119 Å². The van der Waals surface area contributed by atoms with Crippen LogP contribution in [-0.2, 0) is 9.47 Å². The van der Waals surface area contributed by atoms with Gasteiger partial charge >= 0.3 is 12.0 Å². The van der Waals surface area contributed by atoms with Gasteiger partial charge in [-0.05, 0) is 43.8 Å². The fourth-order valence-corrected chi connectivity index (χ4v) is 2.17. The molecule has 0 aromatic rings. The van der Waals surface area contributed by atoms with Crippen LogP contribution >= 0.6 is 0 Å². The van der Waals surface area contributed by atoms with Crippen LogP contribution in [0.25, 0.3) is 0 Å². The fourth-order valence-electron chi connectivity index (χ4n) is 2.17. The first kappa shape index (κ1) is 17.5. The van der Waals surface area contributed by atoms with Gasteiger partial charge in [-0.25, -0.2) is 0 Å². The van der Waals surface area contributed by atoms with E-state index < -0.39 is 24.0 Å². The van der Waals surface area contributed by atoms with Crippen LogP contribution in [0.1, 0.15) is 26.2 Å². The van der Waals surface area contributed by atoms with Crippen molar-refractivity contribution in [3.8, 4) is 0 Å². The number of hydrogen-bond donors (Lipinski definition) is 0. The summed E-state index contributed by atoms with van der Waals surface area (Å²) >= 11 is 0. The average molecular weight is 312 g/mol. The third-order valence-corrected chi connectivity index (χ3v) is 3.33. The molecule has 0 saturated heterocycles. The Morgan fingerprint density at radius 1 is 1.14 bits per heavy atom. The maximum Gasteiger partial charge on any atom is 0.467 e. The summed E-state index contributed by atoms with van der Waals surface area (Å²) in [6.07, 6.45) is -0.466. The normalized spacial score (nSPS) is 26.1. The van der Waals surface area contributed by atoms with Crippen LogP contribution < -0.4 is 0 Å². The third kappa shape index (κ3) is 4.75. The largest absolute Gasteiger partial charge is 0.467 e. The minimum Gasteiger partial charge on any atom is -0.419 e. The van der Waals surface area contributed by atoms with E-state index in [0.717, 1.165) is 12.5 Å². The predicted molar refractivity (Wildman–Crippen MR) is 67.1 cm³/mol. The molecule has 0 aromatic carbocycles. The zero-order chi connectivity index (χ0) is 16.3.